The van der Waals surface area contributed by atoms with Crippen LogP contribution >= 0.6 is 0 Å². The fraction of sp³-hybridized carbons (Fsp3) is 0.833. The van der Waals surface area contributed by atoms with E-state index in [2.05, 4.69) is 5.32 Å². The van der Waals surface area contributed by atoms with E-state index in [1.807, 2.05) is 0 Å². The van der Waals surface area contributed by atoms with Crippen molar-refractivity contribution in [3.63, 3.8) is 0 Å². The Morgan fingerprint density at radius 2 is 2.56 bits per heavy atom. The van der Waals surface area contributed by atoms with Crippen molar-refractivity contribution in [3.05, 3.63) is 0 Å². The molecule has 0 bridgehead atoms. The van der Waals surface area contributed by atoms with Crippen LogP contribution < -0.4 is 5.32 Å². The van der Waals surface area contributed by atoms with Crippen molar-refractivity contribution < 1.29 is 9.53 Å². The molecule has 2 heterocycles. The Balaban J connectivity index is 1.92. The fourth-order valence-corrected chi connectivity index (χ4v) is 1.92. The quantitative estimate of drug-likeness (QED) is 0.342. The molecule has 0 aromatic rings. The van der Waals surface area contributed by atoms with Gasteiger partial charge in [0.1, 0.15) is 6.10 Å². The first-order valence-electron chi connectivity index (χ1n) is 3.32. The third kappa shape index (κ3) is 0.339. The number of fused-ring (bicyclic) bond motifs is 3. The van der Waals surface area contributed by atoms with Gasteiger partial charge in [-0.1, -0.05) is 0 Å². The molecular weight excluding hydrogens is 118 g/mol. The van der Waals surface area contributed by atoms with Gasteiger partial charge in [0.25, 0.3) is 0 Å². The van der Waals surface area contributed by atoms with E-state index in [9.17, 15) is 4.79 Å². The SMILES string of the molecule is O=C1N[C@@H]2[C@H]3O[C@H]3C[C@H]12. The summed E-state index contributed by atoms with van der Waals surface area (Å²) in [7, 11) is 0. The van der Waals surface area contributed by atoms with Crippen LogP contribution in [0.15, 0.2) is 0 Å². The molecule has 0 aromatic carbocycles. The van der Waals surface area contributed by atoms with Crippen LogP contribution in [0.3, 0.4) is 0 Å². The molecule has 4 atom stereocenters. The average molecular weight is 125 g/mol. The lowest BCUT2D eigenvalue weighted by molar-refractivity contribution is -0.135. The van der Waals surface area contributed by atoms with E-state index in [4.69, 9.17) is 4.74 Å². The van der Waals surface area contributed by atoms with Crippen molar-refractivity contribution in [2.75, 3.05) is 0 Å². The van der Waals surface area contributed by atoms with Crippen LogP contribution in [-0.2, 0) is 9.53 Å². The molecule has 3 nitrogen and oxygen atoms in total. The van der Waals surface area contributed by atoms with Crippen molar-refractivity contribution in [1.82, 2.24) is 5.32 Å². The molecule has 3 fully saturated rings. The van der Waals surface area contributed by atoms with E-state index in [0.717, 1.165) is 6.42 Å². The Labute approximate surface area is 52.4 Å². The number of β-lactam (4-membered cyclic amide) rings is 1. The second-order valence-electron chi connectivity index (χ2n) is 3.02. The molecule has 3 aliphatic rings. The molecule has 2 aliphatic heterocycles. The highest BCUT2D eigenvalue weighted by atomic mass is 16.6. The number of hydrogen-bond acceptors (Lipinski definition) is 2. The highest BCUT2D eigenvalue weighted by molar-refractivity contribution is 5.87. The van der Waals surface area contributed by atoms with Gasteiger partial charge in [-0.25, -0.2) is 0 Å². The van der Waals surface area contributed by atoms with Crippen LogP contribution in [0.4, 0.5) is 0 Å². The van der Waals surface area contributed by atoms with E-state index < -0.39 is 0 Å². The van der Waals surface area contributed by atoms with Crippen LogP contribution in [0.2, 0.25) is 0 Å². The number of carbonyl (C=O) groups excluding carboxylic acids is 1. The maximum atomic E-state index is 10.7. The molecule has 3 heteroatoms. The average Bonchev–Trinajstić information content (AvgIpc) is 2.52. The van der Waals surface area contributed by atoms with Crippen LogP contribution in [0.25, 0.3) is 0 Å². The van der Waals surface area contributed by atoms with E-state index in [1.165, 1.54) is 0 Å². The first-order chi connectivity index (χ1) is 4.36. The number of carbonyl (C=O) groups is 1. The van der Waals surface area contributed by atoms with Gasteiger partial charge in [-0.3, -0.25) is 4.79 Å². The summed E-state index contributed by atoms with van der Waals surface area (Å²) >= 11 is 0. The first kappa shape index (κ1) is 4.28. The van der Waals surface area contributed by atoms with Gasteiger partial charge >= 0.3 is 0 Å². The normalized spacial score (nSPS) is 59.3. The summed E-state index contributed by atoms with van der Waals surface area (Å²) in [5, 5.41) is 2.83. The molecule has 1 saturated carbocycles. The van der Waals surface area contributed by atoms with E-state index >= 15 is 0 Å². The number of epoxide rings is 1. The molecular formula is C6H7NO2. The minimum absolute atomic E-state index is 0.232. The summed E-state index contributed by atoms with van der Waals surface area (Å²) in [5.74, 6) is 0.546. The lowest BCUT2D eigenvalue weighted by Crippen LogP contribution is -2.58. The van der Waals surface area contributed by atoms with Gasteiger partial charge in [-0.05, 0) is 6.42 Å². The Morgan fingerprint density at radius 1 is 1.67 bits per heavy atom. The molecule has 1 N–H and O–H groups in total. The van der Waals surface area contributed by atoms with Gasteiger partial charge in [0, 0.05) is 0 Å². The van der Waals surface area contributed by atoms with E-state index in [0.29, 0.717) is 24.2 Å². The van der Waals surface area contributed by atoms with Gasteiger partial charge in [0.15, 0.2) is 0 Å². The highest BCUT2D eigenvalue weighted by Gasteiger charge is 2.63. The minimum atomic E-state index is 0.232. The standard InChI is InChI=1S/C6H7NO2/c8-6-2-1-3-5(9-3)4(2)7-6/h2-5H,1H2,(H,7,8)/t2-,3-,4-,5-/m0/s1. The van der Waals surface area contributed by atoms with Gasteiger partial charge in [-0.15, -0.1) is 0 Å². The number of hydrogen-bond donors (Lipinski definition) is 1. The fourth-order valence-electron chi connectivity index (χ4n) is 1.92. The predicted octanol–water partition coefficient (Wildman–Crippen LogP) is -0.728. The zero-order chi connectivity index (χ0) is 6.01. The Morgan fingerprint density at radius 3 is 3.11 bits per heavy atom. The van der Waals surface area contributed by atoms with Gasteiger partial charge in [-0.2, -0.15) is 0 Å². The first-order valence-corrected chi connectivity index (χ1v) is 3.32. The van der Waals surface area contributed by atoms with Crippen molar-refractivity contribution in [2.24, 2.45) is 5.92 Å². The summed E-state index contributed by atoms with van der Waals surface area (Å²) in [6.45, 7) is 0. The lowest BCUT2D eigenvalue weighted by Gasteiger charge is -2.31. The number of ether oxygens (including phenoxy) is 1. The summed E-state index contributed by atoms with van der Waals surface area (Å²) < 4.78 is 5.22. The highest BCUT2D eigenvalue weighted by Crippen LogP contribution is 2.46. The van der Waals surface area contributed by atoms with Crippen LogP contribution in [-0.4, -0.2) is 24.2 Å². The van der Waals surface area contributed by atoms with E-state index in [-0.39, 0.29) is 5.91 Å². The maximum Gasteiger partial charge on any atom is 0.225 e. The Hall–Kier alpha value is -0.570. The van der Waals surface area contributed by atoms with Gasteiger partial charge in [0.05, 0.1) is 18.1 Å². The smallest absolute Gasteiger partial charge is 0.225 e. The molecule has 0 radical (unpaired) electrons. The van der Waals surface area contributed by atoms with Crippen LogP contribution in [0.5, 0.6) is 0 Å². The molecule has 1 amide bonds. The summed E-state index contributed by atoms with van der Waals surface area (Å²) in [6, 6.07) is 0.391. The Bertz CT molecular complexity index is 191. The molecule has 48 valence electrons. The molecule has 0 unspecified atom stereocenters. The minimum Gasteiger partial charge on any atom is -0.367 e. The van der Waals surface area contributed by atoms with Crippen molar-refractivity contribution in [1.29, 1.82) is 0 Å². The molecule has 1 aliphatic carbocycles. The van der Waals surface area contributed by atoms with Crippen LogP contribution in [0, 0.1) is 5.92 Å². The van der Waals surface area contributed by atoms with Gasteiger partial charge < -0.3 is 10.1 Å². The number of nitrogens with one attached hydrogen (secondary N) is 1. The van der Waals surface area contributed by atoms with Crippen molar-refractivity contribution in [2.45, 2.75) is 24.7 Å². The van der Waals surface area contributed by atoms with Crippen molar-refractivity contribution in [3.8, 4) is 0 Å². The Kier molecular flexibility index (Phi) is 0.481. The summed E-state index contributed by atoms with van der Waals surface area (Å²) in [5.41, 5.74) is 0. The van der Waals surface area contributed by atoms with Crippen LogP contribution in [0.1, 0.15) is 6.42 Å². The summed E-state index contributed by atoms with van der Waals surface area (Å²) in [6.07, 6.45) is 1.80. The maximum absolute atomic E-state index is 10.7. The topological polar surface area (TPSA) is 41.6 Å². The monoisotopic (exact) mass is 125 g/mol. The second-order valence-corrected chi connectivity index (χ2v) is 3.02. The third-order valence-electron chi connectivity index (χ3n) is 2.54. The molecule has 9 heavy (non-hydrogen) atoms. The molecule has 3 rings (SSSR count). The number of rotatable bonds is 0. The second kappa shape index (κ2) is 1.01. The summed E-state index contributed by atoms with van der Waals surface area (Å²) in [4.78, 5) is 10.7. The molecule has 0 spiro atoms. The molecule has 0 aromatic heterocycles. The number of amides is 1. The lowest BCUT2D eigenvalue weighted by atomic mass is 9.93. The van der Waals surface area contributed by atoms with Gasteiger partial charge in [0.2, 0.25) is 5.91 Å². The zero-order valence-corrected chi connectivity index (χ0v) is 4.83. The largest absolute Gasteiger partial charge is 0.367 e. The van der Waals surface area contributed by atoms with Crippen molar-refractivity contribution >= 4 is 5.91 Å². The molecule has 2 saturated heterocycles. The predicted molar refractivity (Wildman–Crippen MR) is 28.7 cm³/mol. The van der Waals surface area contributed by atoms with E-state index in [1.54, 1.807) is 0 Å². The zero-order valence-electron chi connectivity index (χ0n) is 4.83. The third-order valence-corrected chi connectivity index (χ3v) is 2.54.